The number of nitro benzene ring substituents is 1. The van der Waals surface area contributed by atoms with Crippen LogP contribution < -0.4 is 10.6 Å². The molecular formula is C17H14F3N3O4. The molecule has 0 atom stereocenters. The molecule has 2 rings (SSSR count). The lowest BCUT2D eigenvalue weighted by Gasteiger charge is -2.16. The number of anilines is 2. The third kappa shape index (κ3) is 4.60. The Kier molecular flexibility index (Phi) is 5.48. The van der Waals surface area contributed by atoms with Crippen LogP contribution in [0.15, 0.2) is 36.4 Å². The Labute approximate surface area is 151 Å². The van der Waals surface area contributed by atoms with Crippen molar-refractivity contribution in [2.24, 2.45) is 0 Å². The second-order valence-corrected chi connectivity index (χ2v) is 5.60. The molecule has 0 heterocycles. The van der Waals surface area contributed by atoms with E-state index >= 15 is 0 Å². The molecule has 0 spiro atoms. The molecule has 2 N–H and O–H groups in total. The molecule has 0 saturated heterocycles. The van der Waals surface area contributed by atoms with Crippen LogP contribution in [0.4, 0.5) is 30.2 Å². The van der Waals surface area contributed by atoms with Crippen LogP contribution in [0.5, 0.6) is 0 Å². The second-order valence-electron chi connectivity index (χ2n) is 5.60. The fraction of sp³-hybridized carbons (Fsp3) is 0.176. The molecule has 142 valence electrons. The highest BCUT2D eigenvalue weighted by Gasteiger charge is 2.34. The van der Waals surface area contributed by atoms with Crippen LogP contribution >= 0.6 is 0 Å². The number of alkyl halides is 3. The van der Waals surface area contributed by atoms with E-state index in [0.717, 1.165) is 13.0 Å². The van der Waals surface area contributed by atoms with Crippen molar-refractivity contribution in [3.8, 4) is 0 Å². The lowest BCUT2D eigenvalue weighted by molar-refractivity contribution is -0.385. The summed E-state index contributed by atoms with van der Waals surface area (Å²) in [5, 5.41) is 15.3. The molecule has 0 fully saturated rings. The van der Waals surface area contributed by atoms with E-state index in [9.17, 15) is 32.9 Å². The van der Waals surface area contributed by atoms with Gasteiger partial charge in [-0.3, -0.25) is 19.7 Å². The van der Waals surface area contributed by atoms with E-state index < -0.39 is 34.2 Å². The van der Waals surface area contributed by atoms with Crippen LogP contribution in [0.2, 0.25) is 0 Å². The van der Waals surface area contributed by atoms with Crippen LogP contribution in [0.3, 0.4) is 0 Å². The zero-order valence-corrected chi connectivity index (χ0v) is 14.2. The number of amides is 2. The number of carbonyl (C=O) groups is 2. The average molecular weight is 381 g/mol. The van der Waals surface area contributed by atoms with Crippen molar-refractivity contribution in [1.82, 2.24) is 0 Å². The first-order valence-corrected chi connectivity index (χ1v) is 7.55. The van der Waals surface area contributed by atoms with Crippen molar-refractivity contribution in [3.05, 3.63) is 63.2 Å². The summed E-state index contributed by atoms with van der Waals surface area (Å²) < 4.78 is 39.9. The Morgan fingerprint density at radius 2 is 1.78 bits per heavy atom. The molecule has 0 radical (unpaired) electrons. The zero-order chi connectivity index (χ0) is 20.4. The van der Waals surface area contributed by atoms with Gasteiger partial charge in [0.25, 0.3) is 11.6 Å². The topological polar surface area (TPSA) is 101 Å². The summed E-state index contributed by atoms with van der Waals surface area (Å²) in [4.78, 5) is 33.7. The van der Waals surface area contributed by atoms with E-state index in [1.165, 1.54) is 31.2 Å². The van der Waals surface area contributed by atoms with Crippen molar-refractivity contribution in [2.75, 3.05) is 10.6 Å². The maximum atomic E-state index is 13.3. The van der Waals surface area contributed by atoms with Crippen molar-refractivity contribution in [2.45, 2.75) is 20.0 Å². The number of nitro groups is 1. The molecule has 27 heavy (non-hydrogen) atoms. The molecule has 0 bridgehead atoms. The maximum Gasteiger partial charge on any atom is 0.418 e. The van der Waals surface area contributed by atoms with Crippen molar-refractivity contribution in [1.29, 1.82) is 0 Å². The summed E-state index contributed by atoms with van der Waals surface area (Å²) in [7, 11) is 0. The molecule has 0 aromatic heterocycles. The SMILES string of the molecule is CC(=O)Nc1ccc(NC(=O)c2cccc([N+](=O)[O-])c2C)c(C(F)(F)F)c1. The van der Waals surface area contributed by atoms with Crippen LogP contribution in [-0.4, -0.2) is 16.7 Å². The second kappa shape index (κ2) is 7.44. The predicted octanol–water partition coefficient (Wildman–Crippen LogP) is 4.13. The minimum Gasteiger partial charge on any atom is -0.326 e. The summed E-state index contributed by atoms with van der Waals surface area (Å²) in [5.74, 6) is -1.47. The monoisotopic (exact) mass is 381 g/mol. The zero-order valence-electron chi connectivity index (χ0n) is 14.2. The van der Waals surface area contributed by atoms with Gasteiger partial charge in [0.05, 0.1) is 16.2 Å². The first kappa shape index (κ1) is 19.9. The lowest BCUT2D eigenvalue weighted by Crippen LogP contribution is -2.18. The van der Waals surface area contributed by atoms with E-state index in [1.807, 2.05) is 0 Å². The Balaban J connectivity index is 2.42. The number of nitrogens with zero attached hydrogens (tertiary/aromatic N) is 1. The molecule has 2 amide bonds. The first-order chi connectivity index (χ1) is 12.5. The van der Waals surface area contributed by atoms with Crippen LogP contribution in [0.1, 0.15) is 28.4 Å². The minimum atomic E-state index is -4.80. The van der Waals surface area contributed by atoms with Crippen molar-refractivity contribution in [3.63, 3.8) is 0 Å². The minimum absolute atomic E-state index is 0.0309. The van der Waals surface area contributed by atoms with E-state index in [1.54, 1.807) is 0 Å². The van der Waals surface area contributed by atoms with Crippen LogP contribution in [-0.2, 0) is 11.0 Å². The number of halogens is 3. The number of benzene rings is 2. The molecule has 2 aromatic carbocycles. The summed E-state index contributed by atoms with van der Waals surface area (Å²) in [6.07, 6.45) is -4.80. The highest BCUT2D eigenvalue weighted by Crippen LogP contribution is 2.37. The van der Waals surface area contributed by atoms with Gasteiger partial charge in [-0.1, -0.05) is 6.07 Å². The number of hydrogen-bond acceptors (Lipinski definition) is 4. The Morgan fingerprint density at radius 3 is 2.33 bits per heavy atom. The van der Waals surface area contributed by atoms with Gasteiger partial charge < -0.3 is 10.6 Å². The molecule has 0 aliphatic carbocycles. The highest BCUT2D eigenvalue weighted by molar-refractivity contribution is 6.06. The Hall–Kier alpha value is -3.43. The van der Waals surface area contributed by atoms with Gasteiger partial charge in [0.2, 0.25) is 5.91 Å². The molecule has 10 heteroatoms. The fourth-order valence-corrected chi connectivity index (χ4v) is 2.43. The summed E-state index contributed by atoms with van der Waals surface area (Å²) >= 11 is 0. The molecule has 0 aliphatic rings. The number of nitrogens with one attached hydrogen (secondary N) is 2. The standard InChI is InChI=1S/C17H14F3N3O4/c1-9-12(4-3-5-15(9)23(26)27)16(25)22-14-7-6-11(21-10(2)24)8-13(14)17(18,19)20/h3-8H,1-2H3,(H,21,24)(H,22,25). The van der Waals surface area contributed by atoms with Crippen LogP contribution in [0, 0.1) is 17.0 Å². The largest absolute Gasteiger partial charge is 0.418 e. The first-order valence-electron chi connectivity index (χ1n) is 7.55. The van der Waals surface area contributed by atoms with E-state index in [0.29, 0.717) is 6.07 Å². The van der Waals surface area contributed by atoms with Gasteiger partial charge in [0, 0.05) is 29.8 Å². The number of carbonyl (C=O) groups excluding carboxylic acids is 2. The summed E-state index contributed by atoms with van der Waals surface area (Å²) in [6.45, 7) is 2.48. The van der Waals surface area contributed by atoms with E-state index in [4.69, 9.17) is 0 Å². The van der Waals surface area contributed by atoms with Gasteiger partial charge in [0.1, 0.15) is 0 Å². The summed E-state index contributed by atoms with van der Waals surface area (Å²) in [5.41, 5.74) is -2.19. The molecule has 0 saturated carbocycles. The van der Waals surface area contributed by atoms with E-state index in [2.05, 4.69) is 10.6 Å². The van der Waals surface area contributed by atoms with Gasteiger partial charge in [-0.2, -0.15) is 13.2 Å². The molecule has 2 aromatic rings. The van der Waals surface area contributed by atoms with Gasteiger partial charge in [-0.15, -0.1) is 0 Å². The molecule has 0 aliphatic heterocycles. The maximum absolute atomic E-state index is 13.3. The average Bonchev–Trinajstić information content (AvgIpc) is 2.54. The fourth-order valence-electron chi connectivity index (χ4n) is 2.43. The van der Waals surface area contributed by atoms with Gasteiger partial charge in [-0.25, -0.2) is 0 Å². The van der Waals surface area contributed by atoms with Crippen molar-refractivity contribution >= 4 is 28.9 Å². The highest BCUT2D eigenvalue weighted by atomic mass is 19.4. The summed E-state index contributed by atoms with van der Waals surface area (Å²) in [6, 6.07) is 6.62. The quantitative estimate of drug-likeness (QED) is 0.614. The molecule has 7 nitrogen and oxygen atoms in total. The third-order valence-electron chi connectivity index (χ3n) is 3.64. The van der Waals surface area contributed by atoms with Gasteiger partial charge in [-0.05, 0) is 31.2 Å². The number of rotatable bonds is 4. The normalized spacial score (nSPS) is 11.0. The van der Waals surface area contributed by atoms with Gasteiger partial charge in [0.15, 0.2) is 0 Å². The lowest BCUT2D eigenvalue weighted by atomic mass is 10.1. The van der Waals surface area contributed by atoms with Crippen LogP contribution in [0.25, 0.3) is 0 Å². The van der Waals surface area contributed by atoms with E-state index in [-0.39, 0.29) is 22.5 Å². The third-order valence-corrected chi connectivity index (χ3v) is 3.64. The number of hydrogen-bond donors (Lipinski definition) is 2. The Morgan fingerprint density at radius 1 is 1.11 bits per heavy atom. The smallest absolute Gasteiger partial charge is 0.326 e. The van der Waals surface area contributed by atoms with Crippen molar-refractivity contribution < 1.29 is 27.7 Å². The Bertz CT molecular complexity index is 926. The molecule has 0 unspecified atom stereocenters. The van der Waals surface area contributed by atoms with Gasteiger partial charge >= 0.3 is 6.18 Å². The predicted molar refractivity (Wildman–Crippen MR) is 91.5 cm³/mol. The molecular weight excluding hydrogens is 367 g/mol.